The number of benzene rings is 2. The molecule has 0 aromatic heterocycles. The lowest BCUT2D eigenvalue weighted by atomic mass is 10.2. The molecule has 2 aromatic carbocycles. The van der Waals surface area contributed by atoms with E-state index in [1.165, 1.54) is 13.2 Å². The average molecular weight is 380 g/mol. The first-order valence-electron chi connectivity index (χ1n) is 7.85. The standard InChI is InChI=1S/C18H21FN2O4S/c1-13-8-9-17(25-2)16(10-13)21(26(3,23)24)12-18(22)20-11-14-6-4-5-7-15(14)19/h4-10H,11-12H2,1-3H3,(H,20,22). The van der Waals surface area contributed by atoms with E-state index in [2.05, 4.69) is 5.32 Å². The van der Waals surface area contributed by atoms with Crippen molar-refractivity contribution in [1.82, 2.24) is 5.32 Å². The van der Waals surface area contributed by atoms with Gasteiger partial charge in [-0.2, -0.15) is 0 Å². The maximum atomic E-state index is 13.6. The van der Waals surface area contributed by atoms with Crippen molar-refractivity contribution in [3.05, 3.63) is 59.4 Å². The van der Waals surface area contributed by atoms with E-state index in [1.54, 1.807) is 36.4 Å². The lowest BCUT2D eigenvalue weighted by Gasteiger charge is -2.24. The number of rotatable bonds is 7. The first-order valence-corrected chi connectivity index (χ1v) is 9.69. The molecule has 0 spiro atoms. The molecule has 0 fully saturated rings. The van der Waals surface area contributed by atoms with E-state index in [0.717, 1.165) is 16.1 Å². The van der Waals surface area contributed by atoms with E-state index in [9.17, 15) is 17.6 Å². The van der Waals surface area contributed by atoms with Gasteiger partial charge in [0.05, 0.1) is 19.1 Å². The maximum Gasteiger partial charge on any atom is 0.241 e. The summed E-state index contributed by atoms with van der Waals surface area (Å²) < 4.78 is 44.2. The molecule has 6 nitrogen and oxygen atoms in total. The normalized spacial score (nSPS) is 11.1. The van der Waals surface area contributed by atoms with Gasteiger partial charge >= 0.3 is 0 Å². The van der Waals surface area contributed by atoms with Crippen LogP contribution in [0.4, 0.5) is 10.1 Å². The van der Waals surface area contributed by atoms with E-state index in [1.807, 2.05) is 6.92 Å². The van der Waals surface area contributed by atoms with Gasteiger partial charge in [-0.1, -0.05) is 24.3 Å². The van der Waals surface area contributed by atoms with Crippen LogP contribution in [0, 0.1) is 12.7 Å². The van der Waals surface area contributed by atoms with Crippen molar-refractivity contribution < 1.29 is 22.3 Å². The van der Waals surface area contributed by atoms with Gasteiger partial charge in [-0.25, -0.2) is 12.8 Å². The molecule has 0 aliphatic heterocycles. The second-order valence-corrected chi connectivity index (χ2v) is 7.72. The minimum Gasteiger partial charge on any atom is -0.495 e. The summed E-state index contributed by atoms with van der Waals surface area (Å²) in [6, 6.07) is 11.1. The Morgan fingerprint density at radius 1 is 1.23 bits per heavy atom. The largest absolute Gasteiger partial charge is 0.495 e. The molecule has 2 rings (SSSR count). The van der Waals surface area contributed by atoms with Gasteiger partial charge in [-0.15, -0.1) is 0 Å². The second kappa shape index (κ2) is 8.18. The highest BCUT2D eigenvalue weighted by atomic mass is 32.2. The fourth-order valence-electron chi connectivity index (χ4n) is 2.40. The third-order valence-electron chi connectivity index (χ3n) is 3.72. The minimum atomic E-state index is -3.74. The fraction of sp³-hybridized carbons (Fsp3) is 0.278. The maximum absolute atomic E-state index is 13.6. The van der Waals surface area contributed by atoms with Gasteiger partial charge in [0.25, 0.3) is 0 Å². The molecular weight excluding hydrogens is 359 g/mol. The number of nitrogens with one attached hydrogen (secondary N) is 1. The Balaban J connectivity index is 2.20. The molecule has 26 heavy (non-hydrogen) atoms. The molecule has 0 saturated heterocycles. The predicted octanol–water partition coefficient (Wildman–Crippen LogP) is 2.23. The molecule has 0 heterocycles. The van der Waals surface area contributed by atoms with Gasteiger partial charge in [0.15, 0.2) is 0 Å². The van der Waals surface area contributed by atoms with Gasteiger partial charge in [-0.05, 0) is 30.7 Å². The molecule has 1 N–H and O–H groups in total. The third-order valence-corrected chi connectivity index (χ3v) is 4.85. The number of nitrogens with zero attached hydrogens (tertiary/aromatic N) is 1. The highest BCUT2D eigenvalue weighted by Crippen LogP contribution is 2.30. The summed E-state index contributed by atoms with van der Waals surface area (Å²) in [6.07, 6.45) is 1.01. The number of hydrogen-bond acceptors (Lipinski definition) is 4. The number of halogens is 1. The van der Waals surface area contributed by atoms with Crippen LogP contribution >= 0.6 is 0 Å². The van der Waals surface area contributed by atoms with Crippen LogP contribution in [-0.2, 0) is 21.4 Å². The Labute approximate surface area is 152 Å². The van der Waals surface area contributed by atoms with Crippen LogP contribution in [0.15, 0.2) is 42.5 Å². The first-order chi connectivity index (χ1) is 12.2. The average Bonchev–Trinajstić information content (AvgIpc) is 2.58. The quantitative estimate of drug-likeness (QED) is 0.799. The van der Waals surface area contributed by atoms with Crippen molar-refractivity contribution in [2.45, 2.75) is 13.5 Å². The Morgan fingerprint density at radius 3 is 2.54 bits per heavy atom. The molecular formula is C18H21FN2O4S. The van der Waals surface area contributed by atoms with Crippen LogP contribution in [0.3, 0.4) is 0 Å². The van der Waals surface area contributed by atoms with E-state index in [0.29, 0.717) is 11.3 Å². The Bertz CT molecular complexity index is 900. The second-order valence-electron chi connectivity index (χ2n) is 5.81. The van der Waals surface area contributed by atoms with Crippen molar-refractivity contribution in [3.63, 3.8) is 0 Å². The van der Waals surface area contributed by atoms with Gasteiger partial charge in [0.1, 0.15) is 18.1 Å². The number of methoxy groups -OCH3 is 1. The molecule has 140 valence electrons. The van der Waals surface area contributed by atoms with E-state index < -0.39 is 28.3 Å². The van der Waals surface area contributed by atoms with Crippen molar-refractivity contribution in [3.8, 4) is 5.75 Å². The summed E-state index contributed by atoms with van der Waals surface area (Å²) in [4.78, 5) is 12.3. The summed E-state index contributed by atoms with van der Waals surface area (Å²) in [5, 5.41) is 2.54. The fourth-order valence-corrected chi connectivity index (χ4v) is 3.25. The predicted molar refractivity (Wildman–Crippen MR) is 98.2 cm³/mol. The molecule has 0 unspecified atom stereocenters. The number of carbonyl (C=O) groups is 1. The zero-order chi connectivity index (χ0) is 19.3. The molecule has 0 bridgehead atoms. The molecule has 0 atom stereocenters. The van der Waals surface area contributed by atoms with E-state index in [4.69, 9.17) is 4.74 Å². The summed E-state index contributed by atoms with van der Waals surface area (Å²) in [5.74, 6) is -0.654. The monoisotopic (exact) mass is 380 g/mol. The molecule has 8 heteroatoms. The molecule has 1 amide bonds. The first kappa shape index (κ1) is 19.7. The van der Waals surface area contributed by atoms with Crippen molar-refractivity contribution >= 4 is 21.6 Å². The molecule has 0 aliphatic rings. The van der Waals surface area contributed by atoms with Crippen LogP contribution in [0.25, 0.3) is 0 Å². The van der Waals surface area contributed by atoms with Crippen molar-refractivity contribution in [2.24, 2.45) is 0 Å². The highest BCUT2D eigenvalue weighted by Gasteiger charge is 2.24. The Morgan fingerprint density at radius 2 is 1.92 bits per heavy atom. The van der Waals surface area contributed by atoms with Gasteiger partial charge < -0.3 is 10.1 Å². The lowest BCUT2D eigenvalue weighted by molar-refractivity contribution is -0.119. The minimum absolute atomic E-state index is 0.0337. The Hall–Kier alpha value is -2.61. The highest BCUT2D eigenvalue weighted by molar-refractivity contribution is 7.92. The molecule has 0 aliphatic carbocycles. The zero-order valence-corrected chi connectivity index (χ0v) is 15.6. The van der Waals surface area contributed by atoms with Crippen LogP contribution in [0.1, 0.15) is 11.1 Å². The van der Waals surface area contributed by atoms with Gasteiger partial charge in [0, 0.05) is 12.1 Å². The number of carbonyl (C=O) groups excluding carboxylic acids is 1. The zero-order valence-electron chi connectivity index (χ0n) is 14.8. The summed E-state index contributed by atoms with van der Waals surface area (Å²) in [5.41, 5.74) is 1.41. The van der Waals surface area contributed by atoms with Crippen molar-refractivity contribution in [1.29, 1.82) is 0 Å². The van der Waals surface area contributed by atoms with E-state index in [-0.39, 0.29) is 12.2 Å². The topological polar surface area (TPSA) is 75.7 Å². The molecule has 2 aromatic rings. The molecule has 0 saturated carbocycles. The number of aryl methyl sites for hydroxylation is 1. The number of anilines is 1. The number of amides is 1. The van der Waals surface area contributed by atoms with Crippen LogP contribution in [0.5, 0.6) is 5.75 Å². The number of ether oxygens (including phenoxy) is 1. The van der Waals surface area contributed by atoms with Crippen LogP contribution < -0.4 is 14.4 Å². The van der Waals surface area contributed by atoms with Crippen LogP contribution in [0.2, 0.25) is 0 Å². The van der Waals surface area contributed by atoms with Crippen molar-refractivity contribution in [2.75, 3.05) is 24.2 Å². The smallest absolute Gasteiger partial charge is 0.241 e. The van der Waals surface area contributed by atoms with E-state index >= 15 is 0 Å². The number of hydrogen-bond donors (Lipinski definition) is 1. The van der Waals surface area contributed by atoms with Gasteiger partial charge in [0.2, 0.25) is 15.9 Å². The summed E-state index contributed by atoms with van der Waals surface area (Å²) in [6.45, 7) is 1.34. The van der Waals surface area contributed by atoms with Gasteiger partial charge in [-0.3, -0.25) is 9.10 Å². The van der Waals surface area contributed by atoms with Crippen LogP contribution in [-0.4, -0.2) is 34.2 Å². The summed E-state index contributed by atoms with van der Waals surface area (Å²) >= 11 is 0. The number of sulfonamides is 1. The SMILES string of the molecule is COc1ccc(C)cc1N(CC(=O)NCc1ccccc1F)S(C)(=O)=O. The molecule has 0 radical (unpaired) electrons. The lowest BCUT2D eigenvalue weighted by Crippen LogP contribution is -2.40. The third kappa shape index (κ3) is 4.95. The summed E-state index contributed by atoms with van der Waals surface area (Å²) in [7, 11) is -2.31. The Kier molecular flexibility index (Phi) is 6.20.